The zero-order valence-corrected chi connectivity index (χ0v) is 20.4. The summed E-state index contributed by atoms with van der Waals surface area (Å²) in [5.74, 6) is 0.380. The van der Waals surface area contributed by atoms with E-state index in [9.17, 15) is 13.2 Å². The molecule has 6 nitrogen and oxygen atoms in total. The van der Waals surface area contributed by atoms with Crippen LogP contribution in [-0.2, 0) is 21.0 Å². The summed E-state index contributed by atoms with van der Waals surface area (Å²) in [5.41, 5.74) is 5.54. The summed E-state index contributed by atoms with van der Waals surface area (Å²) < 4.78 is 30.8. The van der Waals surface area contributed by atoms with Gasteiger partial charge in [0.15, 0.2) is 9.84 Å². The van der Waals surface area contributed by atoms with Crippen LogP contribution in [0.5, 0.6) is 0 Å². The number of hydrogen-bond acceptors (Lipinski definition) is 5. The molecule has 0 radical (unpaired) electrons. The number of nitrogens with zero attached hydrogens (tertiary/aromatic N) is 2. The highest BCUT2D eigenvalue weighted by Crippen LogP contribution is 2.43. The standard InChI is InChI=1S/C27H30N2O4S/c1-17-3-5-19(6-4-17)26-23-15-22(34(2,31)32)8-7-18(23)10-12-29(26)27(30)33-25-16-28-11-9-20(25)13-21-14-24(21)28/h3-8,14-15,20,24-26H,9-13,16H2,1-2H3/t20?,24?,25-,26-/m1/s1. The summed E-state index contributed by atoms with van der Waals surface area (Å²) in [6.07, 6.45) is 5.92. The van der Waals surface area contributed by atoms with E-state index in [0.717, 1.165) is 48.2 Å². The molecule has 0 aromatic heterocycles. The van der Waals surface area contributed by atoms with Gasteiger partial charge in [0.1, 0.15) is 6.10 Å². The van der Waals surface area contributed by atoms with Crippen molar-refractivity contribution in [3.05, 3.63) is 76.4 Å². The lowest BCUT2D eigenvalue weighted by atomic mass is 9.88. The van der Waals surface area contributed by atoms with Gasteiger partial charge in [0, 0.05) is 31.3 Å². The van der Waals surface area contributed by atoms with E-state index < -0.39 is 9.84 Å². The van der Waals surface area contributed by atoms with E-state index in [-0.39, 0.29) is 23.1 Å². The molecule has 3 saturated heterocycles. The van der Waals surface area contributed by atoms with Crippen molar-refractivity contribution in [3.63, 3.8) is 0 Å². The second-order valence-corrected chi connectivity index (χ2v) is 12.3. The summed E-state index contributed by atoms with van der Waals surface area (Å²) in [7, 11) is -3.37. The lowest BCUT2D eigenvalue weighted by Gasteiger charge is -2.40. The maximum Gasteiger partial charge on any atom is 0.410 e. The van der Waals surface area contributed by atoms with Crippen LogP contribution in [-0.4, -0.2) is 62.3 Å². The van der Waals surface area contributed by atoms with Gasteiger partial charge in [0.05, 0.1) is 10.9 Å². The Kier molecular flexibility index (Phi) is 5.12. The Hall–Kier alpha value is -2.64. The van der Waals surface area contributed by atoms with E-state index in [1.807, 2.05) is 37.3 Å². The molecule has 4 aliphatic heterocycles. The highest BCUT2D eigenvalue weighted by atomic mass is 32.2. The molecule has 2 bridgehead atoms. The van der Waals surface area contributed by atoms with Crippen LogP contribution in [0.4, 0.5) is 4.79 Å². The van der Waals surface area contributed by atoms with Crippen LogP contribution in [0.25, 0.3) is 0 Å². The van der Waals surface area contributed by atoms with Crippen molar-refractivity contribution in [3.8, 4) is 0 Å². The Balaban J connectivity index is 1.34. The van der Waals surface area contributed by atoms with Crippen molar-refractivity contribution in [2.75, 3.05) is 25.9 Å². The molecule has 0 spiro atoms. The maximum atomic E-state index is 13.6. The van der Waals surface area contributed by atoms with Crippen molar-refractivity contribution in [1.82, 2.24) is 9.80 Å². The SMILES string of the molecule is Cc1ccc([C@@H]2c3cc(S(C)(=O)=O)ccc3CCN2C(=O)O[C@@H]2CN3CCC2CC2=CC23)cc1. The molecule has 0 N–H and O–H groups in total. The first-order valence-corrected chi connectivity index (χ1v) is 14.0. The average Bonchev–Trinajstić information content (AvgIpc) is 3.60. The first-order chi connectivity index (χ1) is 16.3. The summed E-state index contributed by atoms with van der Waals surface area (Å²) >= 11 is 0. The highest BCUT2D eigenvalue weighted by Gasteiger charge is 2.46. The number of carbonyl (C=O) groups is 1. The minimum atomic E-state index is -3.37. The molecular weight excluding hydrogens is 448 g/mol. The number of fused-ring (bicyclic) bond motifs is 3. The Bertz CT molecular complexity index is 1280. The number of amides is 1. The first kappa shape index (κ1) is 21.9. The van der Waals surface area contributed by atoms with Crippen molar-refractivity contribution in [1.29, 1.82) is 0 Å². The Morgan fingerprint density at radius 2 is 1.88 bits per heavy atom. The van der Waals surface area contributed by atoms with Gasteiger partial charge in [-0.3, -0.25) is 9.80 Å². The van der Waals surface area contributed by atoms with Crippen molar-refractivity contribution < 1.29 is 17.9 Å². The molecule has 3 fully saturated rings. The number of sulfone groups is 1. The Morgan fingerprint density at radius 3 is 2.65 bits per heavy atom. The van der Waals surface area contributed by atoms with E-state index >= 15 is 0 Å². The molecule has 2 aromatic rings. The van der Waals surface area contributed by atoms with E-state index in [2.05, 4.69) is 11.0 Å². The fourth-order valence-corrected chi connectivity index (χ4v) is 6.58. The largest absolute Gasteiger partial charge is 0.444 e. The van der Waals surface area contributed by atoms with Crippen LogP contribution in [0.3, 0.4) is 0 Å². The van der Waals surface area contributed by atoms with E-state index in [0.29, 0.717) is 24.9 Å². The van der Waals surface area contributed by atoms with E-state index in [4.69, 9.17) is 4.74 Å². The number of benzene rings is 2. The van der Waals surface area contributed by atoms with Gasteiger partial charge in [-0.05, 0) is 61.6 Å². The predicted molar refractivity (Wildman–Crippen MR) is 129 cm³/mol. The topological polar surface area (TPSA) is 66.9 Å². The Morgan fingerprint density at radius 1 is 1.09 bits per heavy atom. The normalized spacial score (nSPS) is 29.5. The average molecular weight is 479 g/mol. The summed E-state index contributed by atoms with van der Waals surface area (Å²) in [6.45, 7) is 4.43. The lowest BCUT2D eigenvalue weighted by molar-refractivity contribution is -0.00812. The van der Waals surface area contributed by atoms with Gasteiger partial charge in [-0.15, -0.1) is 0 Å². The number of ether oxygens (including phenoxy) is 1. The zero-order valence-electron chi connectivity index (χ0n) is 19.6. The van der Waals surface area contributed by atoms with Gasteiger partial charge >= 0.3 is 6.09 Å². The van der Waals surface area contributed by atoms with Gasteiger partial charge in [-0.1, -0.05) is 47.5 Å². The zero-order chi connectivity index (χ0) is 23.6. The van der Waals surface area contributed by atoms with Crippen molar-refractivity contribution in [2.24, 2.45) is 5.92 Å². The van der Waals surface area contributed by atoms with Gasteiger partial charge in [-0.25, -0.2) is 13.2 Å². The van der Waals surface area contributed by atoms with Gasteiger partial charge in [-0.2, -0.15) is 0 Å². The van der Waals surface area contributed by atoms with Crippen molar-refractivity contribution in [2.45, 2.75) is 49.3 Å². The third-order valence-electron chi connectivity index (χ3n) is 7.91. The molecule has 0 saturated carbocycles. The first-order valence-electron chi connectivity index (χ1n) is 12.1. The second-order valence-electron chi connectivity index (χ2n) is 10.2. The molecule has 7 heteroatoms. The van der Waals surface area contributed by atoms with Gasteiger partial charge in [0.25, 0.3) is 0 Å². The van der Waals surface area contributed by atoms with Crippen LogP contribution in [0, 0.1) is 12.8 Å². The van der Waals surface area contributed by atoms with Crippen LogP contribution in [0.15, 0.2) is 59.0 Å². The molecule has 34 heavy (non-hydrogen) atoms. The summed E-state index contributed by atoms with van der Waals surface area (Å²) in [5, 5.41) is 0. The second kappa shape index (κ2) is 7.95. The molecular formula is C27H30N2O4S. The molecule has 2 aromatic carbocycles. The summed E-state index contributed by atoms with van der Waals surface area (Å²) in [6, 6.07) is 13.6. The van der Waals surface area contributed by atoms with Gasteiger partial charge < -0.3 is 4.74 Å². The molecule has 178 valence electrons. The molecule has 4 heterocycles. The maximum absolute atomic E-state index is 13.6. The molecule has 3 unspecified atom stereocenters. The van der Waals surface area contributed by atoms with Crippen LogP contribution in [0.1, 0.15) is 41.1 Å². The van der Waals surface area contributed by atoms with Crippen LogP contribution < -0.4 is 0 Å². The number of carbonyl (C=O) groups excluding carboxylic acids is 1. The molecule has 5 atom stereocenters. The number of rotatable bonds is 3. The fraction of sp³-hybridized carbons (Fsp3) is 0.444. The molecule has 7 rings (SSSR count). The van der Waals surface area contributed by atoms with E-state index in [1.54, 1.807) is 17.0 Å². The minimum absolute atomic E-state index is 0.0997. The lowest BCUT2D eigenvalue weighted by Crippen LogP contribution is -2.48. The monoisotopic (exact) mass is 478 g/mol. The smallest absolute Gasteiger partial charge is 0.410 e. The number of aryl methyl sites for hydroxylation is 1. The van der Waals surface area contributed by atoms with Gasteiger partial charge in [0.2, 0.25) is 0 Å². The number of hydrogen-bond donors (Lipinski definition) is 0. The van der Waals surface area contributed by atoms with Crippen LogP contribution in [0.2, 0.25) is 0 Å². The highest BCUT2D eigenvalue weighted by molar-refractivity contribution is 7.90. The summed E-state index contributed by atoms with van der Waals surface area (Å²) in [4.78, 5) is 18.1. The van der Waals surface area contributed by atoms with Crippen molar-refractivity contribution >= 4 is 15.9 Å². The predicted octanol–water partition coefficient (Wildman–Crippen LogP) is 3.89. The fourth-order valence-electron chi connectivity index (χ4n) is 5.92. The Labute approximate surface area is 201 Å². The molecule has 1 aliphatic carbocycles. The number of piperidine rings is 1. The van der Waals surface area contributed by atoms with E-state index in [1.165, 1.54) is 11.8 Å². The molecule has 1 amide bonds. The van der Waals surface area contributed by atoms with Crippen LogP contribution >= 0.6 is 0 Å². The minimum Gasteiger partial charge on any atom is -0.444 e. The third kappa shape index (κ3) is 3.85. The third-order valence-corrected chi connectivity index (χ3v) is 9.03. The quantitative estimate of drug-likeness (QED) is 0.627. The molecule has 5 aliphatic rings.